The third kappa shape index (κ3) is 2.34. The molecule has 0 saturated heterocycles. The van der Waals surface area contributed by atoms with Gasteiger partial charge in [-0.15, -0.1) is 0 Å². The number of carboxylic acids is 1. The molecule has 0 aromatic heterocycles. The van der Waals surface area contributed by atoms with Gasteiger partial charge in [0, 0.05) is 6.26 Å². The van der Waals surface area contributed by atoms with Gasteiger partial charge in [0.2, 0.25) is 0 Å². The van der Waals surface area contributed by atoms with Crippen molar-refractivity contribution in [3.63, 3.8) is 0 Å². The molecule has 0 aromatic rings. The molecule has 0 aliphatic heterocycles. The maximum absolute atomic E-state index is 10.6. The van der Waals surface area contributed by atoms with Gasteiger partial charge in [-0.05, 0) is 6.42 Å². The van der Waals surface area contributed by atoms with Crippen molar-refractivity contribution >= 4 is 15.8 Å². The number of carbonyl (C=O) groups is 1. The summed E-state index contributed by atoms with van der Waals surface area (Å²) in [7, 11) is -3.41. The summed E-state index contributed by atoms with van der Waals surface area (Å²) < 4.78 is 21.2. The van der Waals surface area contributed by atoms with E-state index in [2.05, 4.69) is 0 Å². The summed E-state index contributed by atoms with van der Waals surface area (Å²) in [6, 6.07) is 0. The van der Waals surface area contributed by atoms with Crippen LogP contribution in [-0.4, -0.2) is 31.0 Å². The summed E-state index contributed by atoms with van der Waals surface area (Å²) in [6.07, 6.45) is 1.05. The largest absolute Gasteiger partial charge is 0.480 e. The molecule has 0 aromatic carbocycles. The highest BCUT2D eigenvalue weighted by Crippen LogP contribution is 2.03. The quantitative estimate of drug-likeness (QED) is 0.635. The summed E-state index contributed by atoms with van der Waals surface area (Å²) in [5, 5.41) is 7.09. The van der Waals surface area contributed by atoms with E-state index in [1.54, 1.807) is 0 Å². The Morgan fingerprint density at radius 2 is 2.00 bits per heavy atom. The van der Waals surface area contributed by atoms with Crippen LogP contribution in [-0.2, 0) is 14.6 Å². The Balaban J connectivity index is 4.55. The molecule has 0 amide bonds. The van der Waals surface area contributed by atoms with Crippen LogP contribution in [0.25, 0.3) is 0 Å². The lowest BCUT2D eigenvalue weighted by Crippen LogP contribution is -2.28. The molecule has 0 rings (SSSR count). The minimum absolute atomic E-state index is 0.119. The lowest BCUT2D eigenvalue weighted by molar-refractivity contribution is -0.136. The summed E-state index contributed by atoms with van der Waals surface area (Å²) in [5.74, 6) is -1.27. The Morgan fingerprint density at radius 3 is 2.00 bits per heavy atom. The van der Waals surface area contributed by atoms with Crippen molar-refractivity contribution in [1.29, 1.82) is 0 Å². The number of hydrogen-bond acceptors (Lipinski definition) is 3. The maximum Gasteiger partial charge on any atom is 0.321 e. The summed E-state index contributed by atoms with van der Waals surface area (Å²) in [6.45, 7) is 1.53. The Labute approximate surface area is 59.8 Å². The Hall–Kier alpha value is -0.580. The van der Waals surface area contributed by atoms with E-state index in [0.29, 0.717) is 0 Å². The number of aliphatic carboxylic acids is 1. The molecule has 4 nitrogen and oxygen atoms in total. The van der Waals surface area contributed by atoms with Crippen molar-refractivity contribution in [2.24, 2.45) is 0 Å². The van der Waals surface area contributed by atoms with Crippen LogP contribution < -0.4 is 0 Å². The van der Waals surface area contributed by atoms with Crippen molar-refractivity contribution in [2.75, 3.05) is 6.26 Å². The van der Waals surface area contributed by atoms with Crippen LogP contribution in [0.2, 0.25) is 0 Å². The molecule has 0 radical (unpaired) electrons. The summed E-state index contributed by atoms with van der Waals surface area (Å²) >= 11 is 0. The van der Waals surface area contributed by atoms with Gasteiger partial charge in [0.15, 0.2) is 15.1 Å². The van der Waals surface area contributed by atoms with Crippen molar-refractivity contribution in [2.45, 2.75) is 18.6 Å². The van der Waals surface area contributed by atoms with E-state index >= 15 is 0 Å². The molecular formula is C5H10O4S. The smallest absolute Gasteiger partial charge is 0.321 e. The topological polar surface area (TPSA) is 71.4 Å². The van der Waals surface area contributed by atoms with Gasteiger partial charge in [0.1, 0.15) is 0 Å². The van der Waals surface area contributed by atoms with E-state index in [0.717, 1.165) is 6.26 Å². The van der Waals surface area contributed by atoms with Gasteiger partial charge in [0.05, 0.1) is 0 Å². The van der Waals surface area contributed by atoms with E-state index in [4.69, 9.17) is 5.11 Å². The van der Waals surface area contributed by atoms with Gasteiger partial charge in [-0.2, -0.15) is 0 Å². The Bertz CT molecular complexity index is 216. The normalized spacial score (nSPS) is 14.6. The van der Waals surface area contributed by atoms with Crippen LogP contribution >= 0.6 is 0 Å². The molecule has 0 saturated carbocycles. The predicted octanol–water partition coefficient (Wildman–Crippen LogP) is -0.106. The summed E-state index contributed by atoms with van der Waals surface area (Å²) in [4.78, 5) is 10.2. The molecule has 60 valence electrons. The van der Waals surface area contributed by atoms with Crippen molar-refractivity contribution in [1.82, 2.24) is 0 Å². The lowest BCUT2D eigenvalue weighted by Gasteiger charge is -2.04. The third-order valence-corrected chi connectivity index (χ3v) is 2.73. The van der Waals surface area contributed by atoms with Crippen LogP contribution in [0.1, 0.15) is 13.3 Å². The fourth-order valence-electron chi connectivity index (χ4n) is 0.661. The molecule has 0 aliphatic carbocycles. The SMILES string of the molecule is CC[C@H](C(=O)O)S(C)(=O)=O. The molecular weight excluding hydrogens is 156 g/mol. The molecule has 0 unspecified atom stereocenters. The van der Waals surface area contributed by atoms with Gasteiger partial charge in [0.25, 0.3) is 0 Å². The van der Waals surface area contributed by atoms with E-state index in [-0.39, 0.29) is 6.42 Å². The Kier molecular flexibility index (Phi) is 2.83. The zero-order valence-corrected chi connectivity index (χ0v) is 6.68. The standard InChI is InChI=1S/C5H10O4S/c1-3-4(5(6)7)10(2,8)9/h4H,3H2,1-2H3,(H,6,7)/t4-/m1/s1. The van der Waals surface area contributed by atoms with E-state index in [1.165, 1.54) is 6.92 Å². The molecule has 0 aliphatic rings. The highest BCUT2D eigenvalue weighted by Gasteiger charge is 2.25. The monoisotopic (exact) mass is 166 g/mol. The van der Waals surface area contributed by atoms with Gasteiger partial charge < -0.3 is 5.11 Å². The third-order valence-electron chi connectivity index (χ3n) is 1.16. The average molecular weight is 166 g/mol. The minimum atomic E-state index is -3.41. The number of rotatable bonds is 3. The Morgan fingerprint density at radius 1 is 1.60 bits per heavy atom. The highest BCUT2D eigenvalue weighted by atomic mass is 32.2. The van der Waals surface area contributed by atoms with Crippen LogP contribution in [0.5, 0.6) is 0 Å². The maximum atomic E-state index is 10.6. The van der Waals surface area contributed by atoms with Crippen LogP contribution in [0.4, 0.5) is 0 Å². The molecule has 1 atom stereocenters. The van der Waals surface area contributed by atoms with Crippen LogP contribution in [0, 0.1) is 0 Å². The summed E-state index contributed by atoms with van der Waals surface area (Å²) in [5.41, 5.74) is 0. The van der Waals surface area contributed by atoms with Gasteiger partial charge in [-0.3, -0.25) is 4.79 Å². The first-order chi connectivity index (χ1) is 4.39. The predicted molar refractivity (Wildman–Crippen MR) is 36.6 cm³/mol. The molecule has 0 spiro atoms. The zero-order chi connectivity index (χ0) is 8.36. The van der Waals surface area contributed by atoms with Gasteiger partial charge in [-0.25, -0.2) is 8.42 Å². The second-order valence-electron chi connectivity index (χ2n) is 2.06. The zero-order valence-electron chi connectivity index (χ0n) is 5.86. The van der Waals surface area contributed by atoms with E-state index < -0.39 is 21.1 Å². The first kappa shape index (κ1) is 9.42. The fourth-order valence-corrected chi connectivity index (χ4v) is 1.63. The lowest BCUT2D eigenvalue weighted by atomic mass is 10.3. The molecule has 5 heteroatoms. The first-order valence-corrected chi connectivity index (χ1v) is 4.76. The average Bonchev–Trinajstić information content (AvgIpc) is 1.60. The number of carboxylic acid groups (broad SMARTS) is 1. The number of sulfone groups is 1. The van der Waals surface area contributed by atoms with Crippen LogP contribution in [0.15, 0.2) is 0 Å². The van der Waals surface area contributed by atoms with Crippen molar-refractivity contribution in [3.05, 3.63) is 0 Å². The highest BCUT2D eigenvalue weighted by molar-refractivity contribution is 7.92. The van der Waals surface area contributed by atoms with E-state index in [1.807, 2.05) is 0 Å². The second-order valence-corrected chi connectivity index (χ2v) is 4.29. The molecule has 1 N–H and O–H groups in total. The first-order valence-electron chi connectivity index (χ1n) is 2.81. The second kappa shape index (κ2) is 3.01. The number of hydrogen-bond donors (Lipinski definition) is 1. The van der Waals surface area contributed by atoms with E-state index in [9.17, 15) is 13.2 Å². The molecule has 10 heavy (non-hydrogen) atoms. The van der Waals surface area contributed by atoms with Gasteiger partial charge in [-0.1, -0.05) is 6.92 Å². The molecule has 0 heterocycles. The van der Waals surface area contributed by atoms with Crippen molar-refractivity contribution in [3.8, 4) is 0 Å². The molecule has 0 fully saturated rings. The van der Waals surface area contributed by atoms with Crippen LogP contribution in [0.3, 0.4) is 0 Å². The fraction of sp³-hybridized carbons (Fsp3) is 0.800. The molecule has 0 bridgehead atoms. The van der Waals surface area contributed by atoms with Crippen molar-refractivity contribution < 1.29 is 18.3 Å². The minimum Gasteiger partial charge on any atom is -0.480 e. The van der Waals surface area contributed by atoms with Gasteiger partial charge >= 0.3 is 5.97 Å².